The van der Waals surface area contributed by atoms with Gasteiger partial charge in [0.2, 0.25) is 0 Å². The lowest BCUT2D eigenvalue weighted by Gasteiger charge is -2.22. The van der Waals surface area contributed by atoms with Gasteiger partial charge in [0.1, 0.15) is 0 Å². The smallest absolute Gasteiger partial charge is 0.409 e. The topological polar surface area (TPSA) is 55.8 Å². The Labute approximate surface area is 157 Å². The number of ether oxygens (including phenoxy) is 2. The van der Waals surface area contributed by atoms with Gasteiger partial charge in [0.15, 0.2) is 0 Å². The van der Waals surface area contributed by atoms with Crippen molar-refractivity contribution in [3.8, 4) is 0 Å². The van der Waals surface area contributed by atoms with Crippen molar-refractivity contribution in [1.82, 2.24) is 4.90 Å². The molecule has 2 rings (SSSR count). The van der Waals surface area contributed by atoms with Gasteiger partial charge in [-0.1, -0.05) is 41.4 Å². The van der Waals surface area contributed by atoms with Crippen LogP contribution in [-0.2, 0) is 20.7 Å². The molecule has 1 heterocycles. The van der Waals surface area contributed by atoms with E-state index in [0.29, 0.717) is 26.1 Å². The number of likely N-dealkylation sites (tertiary alicyclic amines) is 1. The van der Waals surface area contributed by atoms with Crippen molar-refractivity contribution in [1.29, 1.82) is 0 Å². The predicted octanol–water partition coefficient (Wildman–Crippen LogP) is 4.04. The number of amides is 1. The van der Waals surface area contributed by atoms with Gasteiger partial charge >= 0.3 is 12.1 Å². The van der Waals surface area contributed by atoms with E-state index < -0.39 is 0 Å². The zero-order chi connectivity index (χ0) is 18.2. The molecule has 0 N–H and O–H groups in total. The number of carbonyl (C=O) groups excluding carboxylic acids is 2. The first-order chi connectivity index (χ1) is 12.0. The third-order valence-electron chi connectivity index (χ3n) is 4.62. The van der Waals surface area contributed by atoms with Gasteiger partial charge in [0.25, 0.3) is 0 Å². The van der Waals surface area contributed by atoms with Crippen molar-refractivity contribution in [3.63, 3.8) is 0 Å². The second-order valence-corrected chi connectivity index (χ2v) is 7.34. The summed E-state index contributed by atoms with van der Waals surface area (Å²) in [5.74, 6) is -0.385. The molecule has 25 heavy (non-hydrogen) atoms. The lowest BCUT2D eigenvalue weighted by molar-refractivity contribution is -0.147. The molecular weight excluding hydrogens is 386 g/mol. The van der Waals surface area contributed by atoms with E-state index in [4.69, 9.17) is 9.47 Å². The number of benzene rings is 1. The molecule has 1 saturated heterocycles. The lowest BCUT2D eigenvalue weighted by atomic mass is 9.86. The quantitative estimate of drug-likeness (QED) is 0.501. The third-order valence-corrected chi connectivity index (χ3v) is 5.12. The molecule has 0 aliphatic carbocycles. The van der Waals surface area contributed by atoms with Gasteiger partial charge < -0.3 is 14.4 Å². The van der Waals surface area contributed by atoms with Crippen LogP contribution in [0.5, 0.6) is 0 Å². The Hall–Kier alpha value is -1.56. The second-order valence-electron chi connectivity index (χ2n) is 6.43. The number of halogens is 1. The molecule has 0 bridgehead atoms. The molecule has 0 saturated carbocycles. The second kappa shape index (κ2) is 9.80. The number of nitrogens with zero attached hydrogens (tertiary/aromatic N) is 1. The first-order valence-corrected chi connectivity index (χ1v) is 9.58. The number of carbonyl (C=O) groups is 2. The summed E-state index contributed by atoms with van der Waals surface area (Å²) >= 11 is 3.46. The van der Waals surface area contributed by atoms with Crippen molar-refractivity contribution < 1.29 is 19.1 Å². The maximum atomic E-state index is 12.3. The van der Waals surface area contributed by atoms with Crippen molar-refractivity contribution in [2.24, 2.45) is 11.8 Å². The van der Waals surface area contributed by atoms with Crippen molar-refractivity contribution in [2.45, 2.75) is 32.6 Å². The minimum atomic E-state index is -0.276. The highest BCUT2D eigenvalue weighted by Crippen LogP contribution is 2.29. The number of methoxy groups -OCH3 is 1. The van der Waals surface area contributed by atoms with Gasteiger partial charge in [0.05, 0.1) is 19.6 Å². The molecule has 1 aliphatic rings. The Bertz CT molecular complexity index is 593. The largest absolute Gasteiger partial charge is 0.469 e. The fourth-order valence-electron chi connectivity index (χ4n) is 3.19. The number of unbranched alkanes of at least 4 members (excludes halogenated alkanes) is 1. The maximum absolute atomic E-state index is 12.3. The normalized spacial score (nSPS) is 18.0. The van der Waals surface area contributed by atoms with Gasteiger partial charge in [-0.05, 0) is 42.9 Å². The monoisotopic (exact) mass is 411 g/mol. The summed E-state index contributed by atoms with van der Waals surface area (Å²) in [5.41, 5.74) is 1.08. The van der Waals surface area contributed by atoms with E-state index in [-0.39, 0.29) is 23.9 Å². The van der Waals surface area contributed by atoms with Crippen LogP contribution in [0, 0.1) is 11.8 Å². The lowest BCUT2D eigenvalue weighted by Crippen LogP contribution is -2.33. The molecule has 0 unspecified atom stereocenters. The highest BCUT2D eigenvalue weighted by molar-refractivity contribution is 9.10. The summed E-state index contributed by atoms with van der Waals surface area (Å²) in [6, 6.07) is 7.94. The van der Waals surface area contributed by atoms with E-state index in [1.165, 1.54) is 7.11 Å². The minimum absolute atomic E-state index is 0.0881. The minimum Gasteiger partial charge on any atom is -0.469 e. The van der Waals surface area contributed by atoms with E-state index in [1.807, 2.05) is 24.3 Å². The summed E-state index contributed by atoms with van der Waals surface area (Å²) in [5, 5.41) is 0. The Balaban J connectivity index is 1.99. The molecule has 0 aromatic heterocycles. The van der Waals surface area contributed by atoms with Crippen molar-refractivity contribution >= 4 is 28.0 Å². The van der Waals surface area contributed by atoms with Gasteiger partial charge in [-0.3, -0.25) is 4.79 Å². The van der Waals surface area contributed by atoms with E-state index in [0.717, 1.165) is 29.3 Å². The van der Waals surface area contributed by atoms with E-state index in [2.05, 4.69) is 22.9 Å². The van der Waals surface area contributed by atoms with E-state index in [9.17, 15) is 9.59 Å². The molecule has 6 heteroatoms. The number of esters is 1. The van der Waals surface area contributed by atoms with Gasteiger partial charge in [-0.2, -0.15) is 0 Å². The Morgan fingerprint density at radius 3 is 2.88 bits per heavy atom. The molecule has 1 aliphatic heterocycles. The zero-order valence-corrected chi connectivity index (χ0v) is 16.5. The summed E-state index contributed by atoms with van der Waals surface area (Å²) in [7, 11) is 1.42. The molecule has 138 valence electrons. The molecule has 5 nitrogen and oxygen atoms in total. The molecule has 1 aromatic carbocycles. The van der Waals surface area contributed by atoms with Crippen LogP contribution in [0.15, 0.2) is 28.7 Å². The molecule has 1 fully saturated rings. The zero-order valence-electron chi connectivity index (χ0n) is 14.9. The average Bonchev–Trinajstić information content (AvgIpc) is 3.09. The summed E-state index contributed by atoms with van der Waals surface area (Å²) in [4.78, 5) is 26.1. The van der Waals surface area contributed by atoms with Gasteiger partial charge in [0, 0.05) is 17.6 Å². The van der Waals surface area contributed by atoms with Crippen molar-refractivity contribution in [2.75, 3.05) is 26.8 Å². The van der Waals surface area contributed by atoms with Crippen LogP contribution < -0.4 is 0 Å². The molecule has 1 aromatic rings. The maximum Gasteiger partial charge on any atom is 0.409 e. The summed E-state index contributed by atoms with van der Waals surface area (Å²) in [6.45, 7) is 3.68. The third kappa shape index (κ3) is 5.73. The highest BCUT2D eigenvalue weighted by atomic mass is 79.9. The number of hydrogen-bond donors (Lipinski definition) is 0. The van der Waals surface area contributed by atoms with Crippen LogP contribution >= 0.6 is 15.9 Å². The van der Waals surface area contributed by atoms with Crippen LogP contribution in [0.1, 0.15) is 31.7 Å². The fourth-order valence-corrected chi connectivity index (χ4v) is 3.64. The van der Waals surface area contributed by atoms with Crippen LogP contribution in [0.3, 0.4) is 0 Å². The molecule has 0 radical (unpaired) electrons. The average molecular weight is 412 g/mol. The van der Waals surface area contributed by atoms with Crippen LogP contribution in [0.2, 0.25) is 0 Å². The summed E-state index contributed by atoms with van der Waals surface area (Å²) in [6.07, 6.45) is 2.98. The molecule has 0 spiro atoms. The standard InChI is InChI=1S/C19H26BrNO4/c1-3-4-10-25-19(23)21-9-8-15(13-21)17(18(22)24-2)12-14-6-5-7-16(20)11-14/h5-7,11,15,17H,3-4,8-10,12-13H2,1-2H3/t15-,17-/m0/s1. The van der Waals surface area contributed by atoms with Crippen LogP contribution in [0.4, 0.5) is 4.79 Å². The van der Waals surface area contributed by atoms with Crippen molar-refractivity contribution in [3.05, 3.63) is 34.3 Å². The van der Waals surface area contributed by atoms with Gasteiger partial charge in [-0.15, -0.1) is 0 Å². The SMILES string of the molecule is CCCCOC(=O)N1CC[C@H]([C@H](Cc2cccc(Br)c2)C(=O)OC)C1. The first kappa shape index (κ1) is 19.8. The predicted molar refractivity (Wildman–Crippen MR) is 99.3 cm³/mol. The Morgan fingerprint density at radius 1 is 1.40 bits per heavy atom. The Kier molecular flexibility index (Phi) is 7.75. The Morgan fingerprint density at radius 2 is 2.20 bits per heavy atom. The fraction of sp³-hybridized carbons (Fsp3) is 0.579. The first-order valence-electron chi connectivity index (χ1n) is 8.79. The van der Waals surface area contributed by atoms with E-state index >= 15 is 0 Å². The highest BCUT2D eigenvalue weighted by Gasteiger charge is 2.36. The van der Waals surface area contributed by atoms with E-state index in [1.54, 1.807) is 4.90 Å². The number of hydrogen-bond acceptors (Lipinski definition) is 4. The summed E-state index contributed by atoms with van der Waals surface area (Å²) < 4.78 is 11.3. The number of rotatable bonds is 7. The molecule has 2 atom stereocenters. The molecular formula is C19H26BrNO4. The van der Waals surface area contributed by atoms with Crippen LogP contribution in [0.25, 0.3) is 0 Å². The molecule has 1 amide bonds. The van der Waals surface area contributed by atoms with Crippen LogP contribution in [-0.4, -0.2) is 43.8 Å². The van der Waals surface area contributed by atoms with Gasteiger partial charge in [-0.25, -0.2) is 4.79 Å².